The molecule has 0 radical (unpaired) electrons. The molecule has 1 N–H and O–H groups in total. The van der Waals surface area contributed by atoms with Crippen molar-refractivity contribution >= 4 is 11.7 Å². The van der Waals surface area contributed by atoms with Gasteiger partial charge in [-0.2, -0.15) is 9.37 Å². The monoisotopic (exact) mass is 407 g/mol. The van der Waals surface area contributed by atoms with Gasteiger partial charge in [0.1, 0.15) is 0 Å². The van der Waals surface area contributed by atoms with Gasteiger partial charge >= 0.3 is 0 Å². The van der Waals surface area contributed by atoms with Gasteiger partial charge in [0.15, 0.2) is 11.5 Å². The molecule has 1 unspecified atom stereocenters. The Hall–Kier alpha value is -2.22. The van der Waals surface area contributed by atoms with Crippen LogP contribution in [0.25, 0.3) is 0 Å². The molecule has 1 fully saturated rings. The largest absolute Gasteiger partial charge is 0.443 e. The van der Waals surface area contributed by atoms with E-state index >= 15 is 0 Å². The summed E-state index contributed by atoms with van der Waals surface area (Å²) in [5.41, 5.74) is -0.617. The first-order chi connectivity index (χ1) is 13.8. The van der Waals surface area contributed by atoms with Gasteiger partial charge < -0.3 is 14.6 Å². The molecule has 1 aliphatic rings. The van der Waals surface area contributed by atoms with Crippen molar-refractivity contribution < 1.29 is 9.13 Å². The minimum absolute atomic E-state index is 0.0497. The van der Waals surface area contributed by atoms with Crippen molar-refractivity contribution in [2.24, 2.45) is 4.99 Å². The lowest BCUT2D eigenvalue weighted by Crippen LogP contribution is -2.56. The second kappa shape index (κ2) is 10.5. The number of nitrogens with zero attached hydrogens (tertiary/aromatic N) is 4. The third-order valence-corrected chi connectivity index (χ3v) is 5.23. The van der Waals surface area contributed by atoms with Crippen LogP contribution in [0.3, 0.4) is 0 Å². The number of ether oxygens (including phenoxy) is 1. The van der Waals surface area contributed by atoms with Crippen molar-refractivity contribution in [2.45, 2.75) is 65.5 Å². The summed E-state index contributed by atoms with van der Waals surface area (Å²) in [6, 6.07) is 0.811. The van der Waals surface area contributed by atoms with E-state index in [1.54, 1.807) is 6.92 Å². The Kier molecular flexibility index (Phi) is 8.37. The van der Waals surface area contributed by atoms with Crippen LogP contribution >= 0.6 is 0 Å². The number of hydrogen-bond donors (Lipinski definition) is 1. The molecule has 0 aliphatic carbocycles. The minimum atomic E-state index is -0.814. The van der Waals surface area contributed by atoms with Crippen molar-refractivity contribution in [3.05, 3.63) is 34.3 Å². The molecular weight excluding hydrogens is 373 g/mol. The van der Waals surface area contributed by atoms with Gasteiger partial charge in [-0.1, -0.05) is 33.3 Å². The van der Waals surface area contributed by atoms with E-state index in [2.05, 4.69) is 47.2 Å². The molecule has 0 spiro atoms. The van der Waals surface area contributed by atoms with Gasteiger partial charge in [-0.3, -0.25) is 14.7 Å². The summed E-state index contributed by atoms with van der Waals surface area (Å²) in [6.07, 6.45) is 4.64. The molecule has 0 bridgehead atoms. The Morgan fingerprint density at radius 3 is 2.55 bits per heavy atom. The molecule has 2 rings (SSSR count). The summed E-state index contributed by atoms with van der Waals surface area (Å²) in [5, 5.41) is 0. The number of halogens is 1. The summed E-state index contributed by atoms with van der Waals surface area (Å²) in [7, 11) is 1.45. The third kappa shape index (κ3) is 5.65. The molecule has 1 aromatic rings. The molecule has 1 saturated heterocycles. The number of aliphatic imine (C=N–C) groups is 1. The maximum atomic E-state index is 14.7. The second-order valence-electron chi connectivity index (χ2n) is 7.65. The molecule has 0 saturated carbocycles. The maximum absolute atomic E-state index is 14.7. The number of aromatic nitrogens is 2. The molecule has 1 atom stereocenters. The van der Waals surface area contributed by atoms with Crippen LogP contribution < -0.4 is 10.5 Å². The summed E-state index contributed by atoms with van der Waals surface area (Å²) >= 11 is 0. The average Bonchev–Trinajstić information content (AvgIpc) is 2.67. The Morgan fingerprint density at radius 1 is 1.38 bits per heavy atom. The summed E-state index contributed by atoms with van der Waals surface area (Å²) in [5.74, 6) is -0.419. The molecule has 1 aromatic heterocycles. The van der Waals surface area contributed by atoms with Gasteiger partial charge in [0.25, 0.3) is 5.56 Å². The highest BCUT2D eigenvalue weighted by molar-refractivity contribution is 5.92. The number of anilines is 1. The number of allylic oxidation sites excluding steroid dienone is 1. The number of piperazine rings is 1. The topological polar surface area (TPSA) is 73.8 Å². The van der Waals surface area contributed by atoms with E-state index in [0.717, 1.165) is 19.4 Å². The van der Waals surface area contributed by atoms with Crippen molar-refractivity contribution in [1.29, 1.82) is 0 Å². The fraction of sp³-hybridized carbons (Fsp3) is 0.667. The Morgan fingerprint density at radius 2 is 2.03 bits per heavy atom. The van der Waals surface area contributed by atoms with Crippen molar-refractivity contribution in [3.63, 3.8) is 0 Å². The molecule has 7 nitrogen and oxygen atoms in total. The summed E-state index contributed by atoms with van der Waals surface area (Å²) in [4.78, 5) is 27.4. The van der Waals surface area contributed by atoms with Crippen molar-refractivity contribution in [2.75, 3.05) is 31.6 Å². The number of nitrogens with one attached hydrogen (secondary N) is 1. The zero-order chi connectivity index (χ0) is 21.6. The van der Waals surface area contributed by atoms with Crippen LogP contribution in [0.5, 0.6) is 0 Å². The van der Waals surface area contributed by atoms with Crippen LogP contribution in [0.1, 0.15) is 59.1 Å². The quantitative estimate of drug-likeness (QED) is 0.407. The lowest BCUT2D eigenvalue weighted by atomic mass is 10.0. The first kappa shape index (κ1) is 23.1. The first-order valence-corrected chi connectivity index (χ1v) is 10.4. The fourth-order valence-corrected chi connectivity index (χ4v) is 4.00. The van der Waals surface area contributed by atoms with Crippen LogP contribution in [-0.4, -0.2) is 59.5 Å². The smallest absolute Gasteiger partial charge is 0.291 e. The van der Waals surface area contributed by atoms with Crippen LogP contribution in [-0.2, 0) is 4.74 Å². The van der Waals surface area contributed by atoms with Crippen LogP contribution in [0.15, 0.2) is 22.1 Å². The normalized spacial score (nSPS) is 18.4. The highest BCUT2D eigenvalue weighted by atomic mass is 19.1. The summed E-state index contributed by atoms with van der Waals surface area (Å²) < 4.78 is 20.0. The molecular formula is C21H34FN5O2. The molecule has 2 heterocycles. The molecule has 162 valence electrons. The van der Waals surface area contributed by atoms with E-state index < -0.39 is 11.5 Å². The predicted molar refractivity (Wildman–Crippen MR) is 115 cm³/mol. The Balaban J connectivity index is 2.21. The minimum Gasteiger partial charge on any atom is -0.443 e. The van der Waals surface area contributed by atoms with Crippen molar-refractivity contribution in [1.82, 2.24) is 14.9 Å². The van der Waals surface area contributed by atoms with Crippen LogP contribution in [0, 0.1) is 5.95 Å². The Labute approximate surface area is 172 Å². The highest BCUT2D eigenvalue weighted by Crippen LogP contribution is 2.22. The van der Waals surface area contributed by atoms with Crippen LogP contribution in [0.4, 0.5) is 10.2 Å². The standard InChI is InChI=1S/C21H34FN5O2/c1-7-9-16(10-8-2)27-12-11-26(13-15(27)5)19-20(28)24-17(18(22)25-19)21(23-6)29-14(3)4/h15-16H,3,7-13H2,1-2,4-6H3,(H,24,28). The molecule has 0 amide bonds. The van der Waals surface area contributed by atoms with E-state index in [1.165, 1.54) is 19.9 Å². The first-order valence-electron chi connectivity index (χ1n) is 10.4. The highest BCUT2D eigenvalue weighted by Gasteiger charge is 2.31. The third-order valence-electron chi connectivity index (χ3n) is 5.23. The zero-order valence-corrected chi connectivity index (χ0v) is 18.3. The summed E-state index contributed by atoms with van der Waals surface area (Å²) in [6.45, 7) is 13.9. The van der Waals surface area contributed by atoms with Gasteiger partial charge in [0.05, 0.1) is 5.76 Å². The second-order valence-corrected chi connectivity index (χ2v) is 7.65. The average molecular weight is 408 g/mol. The van der Waals surface area contributed by atoms with E-state index in [0.29, 0.717) is 24.9 Å². The van der Waals surface area contributed by atoms with E-state index in [-0.39, 0.29) is 23.5 Å². The zero-order valence-electron chi connectivity index (χ0n) is 18.3. The number of aromatic amines is 1. The molecule has 8 heteroatoms. The lowest BCUT2D eigenvalue weighted by Gasteiger charge is -2.44. The van der Waals surface area contributed by atoms with E-state index in [9.17, 15) is 9.18 Å². The van der Waals surface area contributed by atoms with Gasteiger partial charge in [-0.05, 0) is 26.7 Å². The van der Waals surface area contributed by atoms with Gasteiger partial charge in [-0.15, -0.1) is 0 Å². The van der Waals surface area contributed by atoms with Gasteiger partial charge in [0.2, 0.25) is 11.8 Å². The van der Waals surface area contributed by atoms with Crippen LogP contribution in [0.2, 0.25) is 0 Å². The fourth-order valence-electron chi connectivity index (χ4n) is 4.00. The molecule has 1 aliphatic heterocycles. The number of H-pyrrole nitrogens is 1. The number of hydrogen-bond acceptors (Lipinski definition) is 6. The predicted octanol–water partition coefficient (Wildman–Crippen LogP) is 3.31. The SMILES string of the molecule is C=C(C)OC(=NC)c1[nH]c(=O)c(N2CCN(C(CCC)CCC)C(C)C2)nc1F. The van der Waals surface area contributed by atoms with Crippen molar-refractivity contribution in [3.8, 4) is 0 Å². The Bertz CT molecular complexity index is 786. The van der Waals surface area contributed by atoms with E-state index in [4.69, 9.17) is 4.74 Å². The number of rotatable bonds is 8. The molecule has 29 heavy (non-hydrogen) atoms. The lowest BCUT2D eigenvalue weighted by molar-refractivity contribution is 0.114. The maximum Gasteiger partial charge on any atom is 0.291 e. The van der Waals surface area contributed by atoms with E-state index in [1.807, 2.05) is 4.90 Å². The van der Waals surface area contributed by atoms with Gasteiger partial charge in [0, 0.05) is 38.8 Å². The van der Waals surface area contributed by atoms with Gasteiger partial charge in [-0.25, -0.2) is 0 Å². The molecule has 0 aromatic carbocycles.